The van der Waals surface area contributed by atoms with Gasteiger partial charge in [-0.1, -0.05) is 28.5 Å². The molecule has 0 fully saturated rings. The van der Waals surface area contributed by atoms with E-state index in [-0.39, 0.29) is 6.42 Å². The van der Waals surface area contributed by atoms with E-state index in [4.69, 9.17) is 9.05 Å². The van der Waals surface area contributed by atoms with Gasteiger partial charge in [-0.15, -0.1) is 5.10 Å². The van der Waals surface area contributed by atoms with Crippen LogP contribution in [0.1, 0.15) is 39.3 Å². The van der Waals surface area contributed by atoms with Crippen molar-refractivity contribution in [3.8, 4) is 0 Å². The zero-order valence-corrected chi connectivity index (χ0v) is 15.3. The minimum absolute atomic E-state index is 0.216. The van der Waals surface area contributed by atoms with Crippen LogP contribution in [0.5, 0.6) is 0 Å². The molecule has 1 heterocycles. The van der Waals surface area contributed by atoms with Gasteiger partial charge in [0.1, 0.15) is 0 Å². The van der Waals surface area contributed by atoms with E-state index in [1.54, 1.807) is 10.9 Å². The summed E-state index contributed by atoms with van der Waals surface area (Å²) in [4.78, 5) is 0. The molecule has 0 aliphatic carbocycles. The molecule has 0 aromatic carbocycles. The van der Waals surface area contributed by atoms with Gasteiger partial charge in [0, 0.05) is 12.6 Å². The molecule has 0 radical (unpaired) electrons. The summed E-state index contributed by atoms with van der Waals surface area (Å²) in [5.41, 5.74) is 3.23. The van der Waals surface area contributed by atoms with Crippen molar-refractivity contribution in [3.05, 3.63) is 35.2 Å². The lowest BCUT2D eigenvalue weighted by atomic mass is 10.1. The lowest BCUT2D eigenvalue weighted by Crippen LogP contribution is -2.12. The maximum absolute atomic E-state index is 10.4. The van der Waals surface area contributed by atoms with E-state index < -0.39 is 23.7 Å². The Hall–Kier alpha value is -1.26. The number of rotatable bonds is 11. The second-order valence-corrected chi connectivity index (χ2v) is 6.02. The summed E-state index contributed by atoms with van der Waals surface area (Å²) in [6, 6.07) is 0. The van der Waals surface area contributed by atoms with E-state index in [0.717, 1.165) is 12.8 Å². The van der Waals surface area contributed by atoms with Crippen molar-refractivity contribution in [2.75, 3.05) is 0 Å². The van der Waals surface area contributed by atoms with Crippen molar-refractivity contribution in [1.82, 2.24) is 15.0 Å². The minimum atomic E-state index is -0.889. The third kappa shape index (κ3) is 8.82. The van der Waals surface area contributed by atoms with Crippen LogP contribution in [-0.4, -0.2) is 21.3 Å². The molecular formula is C14H21N3O4P2. The zero-order chi connectivity index (χ0) is 17.1. The number of hydrogen-bond acceptors (Lipinski definition) is 6. The van der Waals surface area contributed by atoms with Gasteiger partial charge < -0.3 is 0 Å². The molecule has 1 rings (SSSR count). The molecule has 0 N–H and O–H groups in total. The highest BCUT2D eigenvalue weighted by Gasteiger charge is 2.14. The van der Waals surface area contributed by atoms with E-state index in [1.807, 2.05) is 0 Å². The topological polar surface area (TPSA) is 83.3 Å². The van der Waals surface area contributed by atoms with Gasteiger partial charge in [0.25, 0.3) is 0 Å². The standard InChI is InChI=1S/C14H21N3O4P2/c1-11(2)5-4-6-12(3)7-8-17-10-13(15-16-17)9-14(20-22-18)21-23-19/h5,7,10,14H,4,6,8-9H2,1-3H3/b12-7-. The van der Waals surface area contributed by atoms with Crippen LogP contribution in [0, 0.1) is 0 Å². The number of aromatic nitrogens is 3. The van der Waals surface area contributed by atoms with Gasteiger partial charge >= 0.3 is 17.4 Å². The Kier molecular flexibility index (Phi) is 9.72. The molecule has 1 aromatic rings. The Balaban J connectivity index is 2.50. The van der Waals surface area contributed by atoms with Crippen LogP contribution in [0.25, 0.3) is 0 Å². The molecule has 1 aromatic heterocycles. The predicted octanol–water partition coefficient (Wildman–Crippen LogP) is 4.29. The van der Waals surface area contributed by atoms with Crippen molar-refractivity contribution in [3.63, 3.8) is 0 Å². The number of allylic oxidation sites excluding steroid dienone is 4. The quantitative estimate of drug-likeness (QED) is 0.334. The first-order chi connectivity index (χ1) is 11.0. The normalized spacial score (nSPS) is 13.4. The Morgan fingerprint density at radius 1 is 1.26 bits per heavy atom. The lowest BCUT2D eigenvalue weighted by molar-refractivity contribution is 0.0277. The van der Waals surface area contributed by atoms with E-state index in [0.29, 0.717) is 12.2 Å². The van der Waals surface area contributed by atoms with Gasteiger partial charge in [0.2, 0.25) is 0 Å². The molecule has 126 valence electrons. The van der Waals surface area contributed by atoms with E-state index in [9.17, 15) is 9.13 Å². The largest absolute Gasteiger partial charge is 0.329 e. The molecule has 9 heteroatoms. The monoisotopic (exact) mass is 357 g/mol. The zero-order valence-electron chi connectivity index (χ0n) is 13.5. The summed E-state index contributed by atoms with van der Waals surface area (Å²) < 4.78 is 32.1. The van der Waals surface area contributed by atoms with Gasteiger partial charge in [-0.3, -0.25) is 9.05 Å². The maximum Gasteiger partial charge on any atom is 0.329 e. The lowest BCUT2D eigenvalue weighted by Gasteiger charge is -2.06. The van der Waals surface area contributed by atoms with Crippen LogP contribution in [-0.2, 0) is 31.1 Å². The van der Waals surface area contributed by atoms with Crippen LogP contribution in [0.3, 0.4) is 0 Å². The highest BCUT2D eigenvalue weighted by Crippen LogP contribution is 2.15. The summed E-state index contributed by atoms with van der Waals surface area (Å²) in [7, 11) is -1.07. The number of hydrogen-bond donors (Lipinski definition) is 0. The molecular weight excluding hydrogens is 336 g/mol. The van der Waals surface area contributed by atoms with Gasteiger partial charge in [-0.05, 0) is 33.6 Å². The molecule has 0 aliphatic rings. The summed E-state index contributed by atoms with van der Waals surface area (Å²) in [5.74, 6) is 0. The predicted molar refractivity (Wildman–Crippen MR) is 87.3 cm³/mol. The smallest absolute Gasteiger partial charge is 0.262 e. The first-order valence-electron chi connectivity index (χ1n) is 7.20. The molecule has 0 atom stereocenters. The van der Waals surface area contributed by atoms with Gasteiger partial charge in [-0.2, -0.15) is 0 Å². The van der Waals surface area contributed by atoms with Gasteiger partial charge in [0.15, 0.2) is 6.29 Å². The Labute approximate surface area is 139 Å². The first-order valence-corrected chi connectivity index (χ1v) is 8.66. The van der Waals surface area contributed by atoms with Crippen LogP contribution in [0.15, 0.2) is 29.5 Å². The summed E-state index contributed by atoms with van der Waals surface area (Å²) in [6.45, 7) is 6.90. The summed E-state index contributed by atoms with van der Waals surface area (Å²) >= 11 is 0. The molecule has 0 unspecified atom stereocenters. The SMILES string of the molecule is CC(C)=CCC/C(C)=C\Cn1cc(CC(OP=O)OP=O)nn1. The van der Waals surface area contributed by atoms with E-state index in [2.05, 4.69) is 43.2 Å². The fourth-order valence-corrected chi connectivity index (χ4v) is 2.32. The van der Waals surface area contributed by atoms with Gasteiger partial charge in [0.05, 0.1) is 12.2 Å². The van der Waals surface area contributed by atoms with Crippen molar-refractivity contribution in [2.24, 2.45) is 0 Å². The Morgan fingerprint density at radius 3 is 2.57 bits per heavy atom. The third-order valence-corrected chi connectivity index (χ3v) is 3.64. The molecule has 0 saturated heterocycles. The van der Waals surface area contributed by atoms with Crippen molar-refractivity contribution < 1.29 is 18.2 Å². The average molecular weight is 357 g/mol. The van der Waals surface area contributed by atoms with Crippen molar-refractivity contribution in [2.45, 2.75) is 52.9 Å². The maximum atomic E-state index is 10.4. The molecule has 0 bridgehead atoms. The fraction of sp³-hybridized carbons (Fsp3) is 0.571. The molecule has 7 nitrogen and oxygen atoms in total. The highest BCUT2D eigenvalue weighted by atomic mass is 31.1. The van der Waals surface area contributed by atoms with Crippen molar-refractivity contribution in [1.29, 1.82) is 0 Å². The van der Waals surface area contributed by atoms with Crippen LogP contribution < -0.4 is 0 Å². The minimum Gasteiger partial charge on any atom is -0.262 e. The second kappa shape index (κ2) is 11.3. The average Bonchev–Trinajstić information content (AvgIpc) is 2.93. The van der Waals surface area contributed by atoms with Gasteiger partial charge in [-0.25, -0.2) is 13.8 Å². The first kappa shape index (κ1) is 19.8. The highest BCUT2D eigenvalue weighted by molar-refractivity contribution is 7.18. The third-order valence-electron chi connectivity index (χ3n) is 3.00. The molecule has 0 aliphatic heterocycles. The molecule has 0 spiro atoms. The number of nitrogens with zero attached hydrogens (tertiary/aromatic N) is 3. The van der Waals surface area contributed by atoms with Crippen LogP contribution in [0.2, 0.25) is 0 Å². The van der Waals surface area contributed by atoms with E-state index >= 15 is 0 Å². The summed E-state index contributed by atoms with van der Waals surface area (Å²) in [6.07, 6.45) is 7.45. The summed E-state index contributed by atoms with van der Waals surface area (Å²) in [5, 5.41) is 8.00. The second-order valence-electron chi connectivity index (χ2n) is 5.30. The fourth-order valence-electron chi connectivity index (χ4n) is 1.82. The molecule has 0 saturated carbocycles. The van der Waals surface area contributed by atoms with Crippen LogP contribution in [0.4, 0.5) is 0 Å². The van der Waals surface area contributed by atoms with Crippen LogP contribution >= 0.6 is 17.4 Å². The van der Waals surface area contributed by atoms with E-state index in [1.165, 1.54) is 11.1 Å². The molecule has 0 amide bonds. The molecule has 23 heavy (non-hydrogen) atoms. The van der Waals surface area contributed by atoms with Crippen molar-refractivity contribution >= 4 is 17.4 Å². The Morgan fingerprint density at radius 2 is 1.96 bits per heavy atom. The Bertz CT molecular complexity index is 558.